The number of para-hydroxylation sites is 2. The van der Waals surface area contributed by atoms with Crippen LogP contribution in [0.5, 0.6) is 0 Å². The Bertz CT molecular complexity index is 1080. The molecule has 2 N–H and O–H groups in total. The molecule has 0 radical (unpaired) electrons. The number of benzene rings is 2. The molecule has 6 rings (SSSR count). The minimum Gasteiger partial charge on any atom is -0.340 e. The number of urea groups is 1. The van der Waals surface area contributed by atoms with Crippen molar-refractivity contribution in [3.8, 4) is 0 Å². The Morgan fingerprint density at radius 3 is 2.70 bits per heavy atom. The van der Waals surface area contributed by atoms with E-state index in [9.17, 15) is 4.79 Å². The van der Waals surface area contributed by atoms with Gasteiger partial charge in [-0.15, -0.1) is 0 Å². The van der Waals surface area contributed by atoms with Gasteiger partial charge in [0.2, 0.25) is 0 Å². The van der Waals surface area contributed by atoms with Crippen LogP contribution in [-0.2, 0) is 6.54 Å². The highest BCUT2D eigenvalue weighted by molar-refractivity contribution is 5.77. The Morgan fingerprint density at radius 2 is 1.82 bits per heavy atom. The van der Waals surface area contributed by atoms with Crippen LogP contribution in [-0.4, -0.2) is 51.5 Å². The predicted molar refractivity (Wildman–Crippen MR) is 130 cm³/mol. The number of aromatic amines is 1. The summed E-state index contributed by atoms with van der Waals surface area (Å²) in [4.78, 5) is 26.1. The van der Waals surface area contributed by atoms with Crippen LogP contribution in [0.15, 0.2) is 54.6 Å². The second-order valence-corrected chi connectivity index (χ2v) is 10.1. The van der Waals surface area contributed by atoms with Crippen molar-refractivity contribution in [3.05, 3.63) is 66.0 Å². The monoisotopic (exact) mass is 443 g/mol. The average molecular weight is 444 g/mol. The molecule has 33 heavy (non-hydrogen) atoms. The second-order valence-electron chi connectivity index (χ2n) is 10.1. The van der Waals surface area contributed by atoms with E-state index >= 15 is 0 Å². The number of imidazole rings is 1. The summed E-state index contributed by atoms with van der Waals surface area (Å²) >= 11 is 0. The number of hydrogen-bond acceptors (Lipinski definition) is 3. The average Bonchev–Trinajstić information content (AvgIpc) is 3.56. The van der Waals surface area contributed by atoms with Gasteiger partial charge in [-0.3, -0.25) is 4.90 Å². The van der Waals surface area contributed by atoms with E-state index in [4.69, 9.17) is 4.98 Å². The lowest BCUT2D eigenvalue weighted by molar-refractivity contribution is 0.175. The maximum absolute atomic E-state index is 13.3. The normalized spacial score (nSPS) is 27.7. The fourth-order valence-corrected chi connectivity index (χ4v) is 6.31. The van der Waals surface area contributed by atoms with Crippen molar-refractivity contribution < 1.29 is 4.79 Å². The fourth-order valence-electron chi connectivity index (χ4n) is 6.31. The van der Waals surface area contributed by atoms with Crippen molar-refractivity contribution >= 4 is 17.1 Å². The van der Waals surface area contributed by atoms with Crippen LogP contribution >= 0.6 is 0 Å². The summed E-state index contributed by atoms with van der Waals surface area (Å²) in [5.41, 5.74) is 3.41. The summed E-state index contributed by atoms with van der Waals surface area (Å²) in [6.07, 6.45) is 5.41. The Balaban J connectivity index is 1.07. The van der Waals surface area contributed by atoms with Gasteiger partial charge in [0.15, 0.2) is 0 Å². The Kier molecular flexibility index (Phi) is 5.54. The molecule has 1 saturated carbocycles. The summed E-state index contributed by atoms with van der Waals surface area (Å²) < 4.78 is 0. The van der Waals surface area contributed by atoms with E-state index in [1.54, 1.807) is 0 Å². The zero-order chi connectivity index (χ0) is 22.2. The van der Waals surface area contributed by atoms with Crippen LogP contribution in [0.2, 0.25) is 0 Å². The molecule has 6 heteroatoms. The lowest BCUT2D eigenvalue weighted by Gasteiger charge is -2.33. The van der Waals surface area contributed by atoms with Crippen LogP contribution in [0.1, 0.15) is 49.5 Å². The highest BCUT2D eigenvalue weighted by atomic mass is 16.2. The van der Waals surface area contributed by atoms with Gasteiger partial charge in [-0.05, 0) is 61.6 Å². The first-order valence-electron chi connectivity index (χ1n) is 12.5. The highest BCUT2D eigenvalue weighted by Crippen LogP contribution is 2.37. The Hall–Kier alpha value is -2.86. The number of carbonyl (C=O) groups excluding carboxylic acids is 1. The first-order chi connectivity index (χ1) is 16.2. The predicted octanol–water partition coefficient (Wildman–Crippen LogP) is 4.71. The first kappa shape index (κ1) is 20.7. The topological polar surface area (TPSA) is 64.3 Å². The third-order valence-corrected chi connectivity index (χ3v) is 7.94. The molecule has 2 saturated heterocycles. The number of carbonyl (C=O) groups is 1. The number of H-pyrrole nitrogens is 1. The van der Waals surface area contributed by atoms with Crippen molar-refractivity contribution in [2.75, 3.05) is 19.6 Å². The molecule has 3 heterocycles. The number of nitrogens with zero attached hydrogens (tertiary/aromatic N) is 3. The van der Waals surface area contributed by atoms with Gasteiger partial charge in [-0.1, -0.05) is 42.5 Å². The van der Waals surface area contributed by atoms with Gasteiger partial charge in [0.25, 0.3) is 0 Å². The molecule has 3 aromatic rings. The van der Waals surface area contributed by atoms with E-state index in [0.29, 0.717) is 5.92 Å². The standard InChI is InChI=1S/C27H33N5O/c33-27(32-14-6-11-25(32)26-29-23-9-4-5-10-24(23)30-26)28-22-13-12-20-17-31(18-21(20)15-22)16-19-7-2-1-3-8-19/h1-5,7-10,20-22,25H,6,11-18H2,(H,28,33)(H,29,30)/t20-,21+,22?,25?/m1/s1. The zero-order valence-electron chi connectivity index (χ0n) is 19.1. The molecular weight excluding hydrogens is 410 g/mol. The first-order valence-corrected chi connectivity index (χ1v) is 12.5. The lowest BCUT2D eigenvalue weighted by atomic mass is 9.79. The molecule has 3 aliphatic rings. The Labute approximate surface area is 195 Å². The molecule has 0 bridgehead atoms. The molecule has 2 amide bonds. The molecule has 4 atom stereocenters. The number of hydrogen-bond donors (Lipinski definition) is 2. The summed E-state index contributed by atoms with van der Waals surface area (Å²) in [6.45, 7) is 4.19. The van der Waals surface area contributed by atoms with Gasteiger partial charge in [-0.2, -0.15) is 0 Å². The number of nitrogens with one attached hydrogen (secondary N) is 2. The zero-order valence-corrected chi connectivity index (χ0v) is 19.1. The summed E-state index contributed by atoms with van der Waals surface area (Å²) in [6, 6.07) is 19.3. The molecule has 2 aliphatic heterocycles. The van der Waals surface area contributed by atoms with Gasteiger partial charge in [0.1, 0.15) is 5.82 Å². The quantitative estimate of drug-likeness (QED) is 0.614. The number of rotatable bonds is 4. The maximum Gasteiger partial charge on any atom is 0.318 e. The largest absolute Gasteiger partial charge is 0.340 e. The van der Waals surface area contributed by atoms with Crippen LogP contribution in [0.4, 0.5) is 4.79 Å². The van der Waals surface area contributed by atoms with Gasteiger partial charge in [0.05, 0.1) is 17.1 Å². The van der Waals surface area contributed by atoms with Crippen molar-refractivity contribution in [1.82, 2.24) is 25.1 Å². The molecule has 3 fully saturated rings. The molecule has 0 spiro atoms. The lowest BCUT2D eigenvalue weighted by Crippen LogP contribution is -2.47. The van der Waals surface area contributed by atoms with Crippen molar-refractivity contribution in [2.45, 2.75) is 50.7 Å². The smallest absolute Gasteiger partial charge is 0.318 e. The van der Waals surface area contributed by atoms with E-state index in [2.05, 4.69) is 45.5 Å². The molecule has 1 aromatic heterocycles. The minimum atomic E-state index is 0.0431. The van der Waals surface area contributed by atoms with Crippen LogP contribution in [0, 0.1) is 11.8 Å². The molecule has 172 valence electrons. The fraction of sp³-hybridized carbons (Fsp3) is 0.481. The molecule has 1 aliphatic carbocycles. The highest BCUT2D eigenvalue weighted by Gasteiger charge is 2.39. The van der Waals surface area contributed by atoms with Crippen LogP contribution in [0.3, 0.4) is 0 Å². The third-order valence-electron chi connectivity index (χ3n) is 7.94. The number of amides is 2. The molecule has 2 unspecified atom stereocenters. The van der Waals surface area contributed by atoms with E-state index in [1.807, 2.05) is 29.2 Å². The van der Waals surface area contributed by atoms with E-state index in [0.717, 1.165) is 68.1 Å². The number of fused-ring (bicyclic) bond motifs is 2. The summed E-state index contributed by atoms with van der Waals surface area (Å²) in [7, 11) is 0. The van der Waals surface area contributed by atoms with Crippen LogP contribution < -0.4 is 5.32 Å². The SMILES string of the molecule is O=C(NC1CC[C@@H]2CN(Cc3ccccc3)C[C@@H]2C1)N1CCCC1c1nc2ccccc2[nH]1. The minimum absolute atomic E-state index is 0.0431. The van der Waals surface area contributed by atoms with E-state index < -0.39 is 0 Å². The second kappa shape index (κ2) is 8.82. The van der Waals surface area contributed by atoms with Crippen molar-refractivity contribution in [1.29, 1.82) is 0 Å². The van der Waals surface area contributed by atoms with Gasteiger partial charge >= 0.3 is 6.03 Å². The van der Waals surface area contributed by atoms with Gasteiger partial charge < -0.3 is 15.2 Å². The van der Waals surface area contributed by atoms with E-state index in [1.165, 1.54) is 18.5 Å². The number of aromatic nitrogens is 2. The van der Waals surface area contributed by atoms with Gasteiger partial charge in [0, 0.05) is 32.2 Å². The third kappa shape index (κ3) is 4.24. The molecule has 6 nitrogen and oxygen atoms in total. The van der Waals surface area contributed by atoms with E-state index in [-0.39, 0.29) is 18.1 Å². The maximum atomic E-state index is 13.3. The number of likely N-dealkylation sites (tertiary alicyclic amines) is 2. The van der Waals surface area contributed by atoms with Crippen molar-refractivity contribution in [3.63, 3.8) is 0 Å². The van der Waals surface area contributed by atoms with Crippen LogP contribution in [0.25, 0.3) is 11.0 Å². The summed E-state index contributed by atoms with van der Waals surface area (Å²) in [5.74, 6) is 2.38. The van der Waals surface area contributed by atoms with Gasteiger partial charge in [-0.25, -0.2) is 9.78 Å². The molecule has 2 aromatic carbocycles. The summed E-state index contributed by atoms with van der Waals surface area (Å²) in [5, 5.41) is 3.40. The Morgan fingerprint density at radius 1 is 1.00 bits per heavy atom. The molecular formula is C27H33N5O. The van der Waals surface area contributed by atoms with Crippen molar-refractivity contribution in [2.24, 2.45) is 11.8 Å².